The Hall–Kier alpha value is -3.52. The summed E-state index contributed by atoms with van der Waals surface area (Å²) in [5.41, 5.74) is 2.54. The van der Waals surface area contributed by atoms with Crippen molar-refractivity contribution in [1.29, 1.82) is 0 Å². The zero-order chi connectivity index (χ0) is 22.9. The number of amides is 1. The van der Waals surface area contributed by atoms with Crippen LogP contribution in [0.1, 0.15) is 21.8 Å². The van der Waals surface area contributed by atoms with Crippen LogP contribution in [0.3, 0.4) is 0 Å². The molecular formula is C24H26N2O5S. The highest BCUT2D eigenvalue weighted by Gasteiger charge is 2.12. The molecule has 1 N–H and O–H groups in total. The number of nitrogens with zero attached hydrogens (tertiary/aromatic N) is 1. The molecule has 1 heterocycles. The van der Waals surface area contributed by atoms with E-state index in [2.05, 4.69) is 10.3 Å². The highest BCUT2D eigenvalue weighted by atomic mass is 32.1. The van der Waals surface area contributed by atoms with Crippen LogP contribution in [0.2, 0.25) is 0 Å². The third kappa shape index (κ3) is 6.24. The lowest BCUT2D eigenvalue weighted by molar-refractivity contribution is -0.116. The minimum Gasteiger partial charge on any atom is -0.496 e. The molecular weight excluding hydrogens is 428 g/mol. The molecule has 3 aromatic rings. The summed E-state index contributed by atoms with van der Waals surface area (Å²) in [4.78, 5) is 16.7. The largest absolute Gasteiger partial charge is 0.496 e. The lowest BCUT2D eigenvalue weighted by atomic mass is 10.1. The topological polar surface area (TPSA) is 78.9 Å². The van der Waals surface area contributed by atoms with Gasteiger partial charge in [0.2, 0.25) is 5.91 Å². The molecule has 168 valence electrons. The van der Waals surface area contributed by atoms with Crippen LogP contribution in [0.15, 0.2) is 47.9 Å². The standard InChI is InChI=1S/C24H26N2O5S/c1-16-26-19(15-32-16)14-31-20-7-5-6-17(10-20)8-9-24(27)25-13-18-11-22(29-3)23(30-4)12-21(18)28-2/h5-12,15H,13-14H2,1-4H3,(H,25,27)/b9-8+. The van der Waals surface area contributed by atoms with Crippen molar-refractivity contribution >= 4 is 23.3 Å². The first kappa shape index (κ1) is 23.1. The van der Waals surface area contributed by atoms with Gasteiger partial charge in [-0.15, -0.1) is 11.3 Å². The van der Waals surface area contributed by atoms with Crippen LogP contribution in [0.25, 0.3) is 6.08 Å². The number of hydrogen-bond acceptors (Lipinski definition) is 7. The van der Waals surface area contributed by atoms with E-state index in [1.54, 1.807) is 50.9 Å². The molecule has 32 heavy (non-hydrogen) atoms. The van der Waals surface area contributed by atoms with Gasteiger partial charge >= 0.3 is 0 Å². The molecule has 1 aromatic heterocycles. The predicted octanol–water partition coefficient (Wildman–Crippen LogP) is 4.39. The Kier molecular flexibility index (Phi) is 8.10. The third-order valence-corrected chi connectivity index (χ3v) is 5.40. The highest BCUT2D eigenvalue weighted by Crippen LogP contribution is 2.34. The molecule has 0 spiro atoms. The maximum absolute atomic E-state index is 12.3. The van der Waals surface area contributed by atoms with E-state index in [4.69, 9.17) is 18.9 Å². The summed E-state index contributed by atoms with van der Waals surface area (Å²) in [6.07, 6.45) is 3.22. The number of aromatic nitrogens is 1. The van der Waals surface area contributed by atoms with Crippen LogP contribution < -0.4 is 24.3 Å². The Morgan fingerprint density at radius 1 is 1.06 bits per heavy atom. The van der Waals surface area contributed by atoms with E-state index >= 15 is 0 Å². The Balaban J connectivity index is 1.58. The van der Waals surface area contributed by atoms with Gasteiger partial charge in [-0.25, -0.2) is 4.98 Å². The lowest BCUT2D eigenvalue weighted by Crippen LogP contribution is -2.20. The first-order valence-electron chi connectivity index (χ1n) is 9.91. The summed E-state index contributed by atoms with van der Waals surface area (Å²) in [5, 5.41) is 5.85. The van der Waals surface area contributed by atoms with E-state index in [-0.39, 0.29) is 12.5 Å². The number of benzene rings is 2. The van der Waals surface area contributed by atoms with Gasteiger partial charge in [0.05, 0.1) is 32.0 Å². The minimum atomic E-state index is -0.230. The van der Waals surface area contributed by atoms with Crippen LogP contribution in [0, 0.1) is 6.92 Å². The average Bonchev–Trinajstić information content (AvgIpc) is 3.24. The fraction of sp³-hybridized carbons (Fsp3) is 0.250. The van der Waals surface area contributed by atoms with E-state index in [0.29, 0.717) is 29.6 Å². The average molecular weight is 455 g/mol. The van der Waals surface area contributed by atoms with Crippen molar-refractivity contribution in [3.05, 3.63) is 69.7 Å². The smallest absolute Gasteiger partial charge is 0.244 e. The van der Waals surface area contributed by atoms with E-state index in [1.165, 1.54) is 6.08 Å². The number of thiazole rings is 1. The zero-order valence-electron chi connectivity index (χ0n) is 18.5. The minimum absolute atomic E-state index is 0.230. The monoisotopic (exact) mass is 454 g/mol. The van der Waals surface area contributed by atoms with Crippen LogP contribution >= 0.6 is 11.3 Å². The molecule has 0 aliphatic heterocycles. The molecule has 0 saturated carbocycles. The van der Waals surface area contributed by atoms with Gasteiger partial charge in [0, 0.05) is 29.6 Å². The SMILES string of the molecule is COc1cc(OC)c(OC)cc1CNC(=O)/C=C/c1cccc(OCc2csc(C)n2)c1. The van der Waals surface area contributed by atoms with Crippen molar-refractivity contribution in [2.24, 2.45) is 0 Å². The Labute approximate surface area is 191 Å². The zero-order valence-corrected chi connectivity index (χ0v) is 19.3. The second kappa shape index (κ2) is 11.2. The third-order valence-electron chi connectivity index (χ3n) is 4.58. The number of nitrogens with one attached hydrogen (secondary N) is 1. The number of ether oxygens (including phenoxy) is 4. The Bertz CT molecular complexity index is 1090. The normalized spacial score (nSPS) is 10.8. The van der Waals surface area contributed by atoms with Gasteiger partial charge in [-0.2, -0.15) is 0 Å². The molecule has 0 aliphatic rings. The first-order chi connectivity index (χ1) is 15.5. The van der Waals surface area contributed by atoms with E-state index in [1.807, 2.05) is 36.6 Å². The second-order valence-electron chi connectivity index (χ2n) is 6.79. The summed E-state index contributed by atoms with van der Waals surface area (Å²) < 4.78 is 21.8. The quantitative estimate of drug-likeness (QED) is 0.458. The maximum atomic E-state index is 12.3. The molecule has 0 bridgehead atoms. The summed E-state index contributed by atoms with van der Waals surface area (Å²) in [6, 6.07) is 11.1. The van der Waals surface area contributed by atoms with Crippen LogP contribution in [-0.4, -0.2) is 32.2 Å². The maximum Gasteiger partial charge on any atom is 0.244 e. The van der Waals surface area contributed by atoms with Crippen molar-refractivity contribution in [2.75, 3.05) is 21.3 Å². The number of methoxy groups -OCH3 is 3. The molecule has 0 atom stereocenters. The van der Waals surface area contributed by atoms with Crippen LogP contribution in [0.4, 0.5) is 0 Å². The molecule has 7 nitrogen and oxygen atoms in total. The van der Waals surface area contributed by atoms with Crippen molar-refractivity contribution in [2.45, 2.75) is 20.1 Å². The van der Waals surface area contributed by atoms with Gasteiger partial charge in [0.1, 0.15) is 18.1 Å². The van der Waals surface area contributed by atoms with Gasteiger partial charge in [-0.1, -0.05) is 12.1 Å². The van der Waals surface area contributed by atoms with E-state index in [0.717, 1.165) is 21.8 Å². The van der Waals surface area contributed by atoms with Crippen molar-refractivity contribution in [3.8, 4) is 23.0 Å². The van der Waals surface area contributed by atoms with Crippen molar-refractivity contribution in [3.63, 3.8) is 0 Å². The van der Waals surface area contributed by atoms with E-state index < -0.39 is 0 Å². The Morgan fingerprint density at radius 3 is 2.50 bits per heavy atom. The van der Waals surface area contributed by atoms with Crippen molar-refractivity contribution < 1.29 is 23.7 Å². The van der Waals surface area contributed by atoms with Gasteiger partial charge < -0.3 is 24.3 Å². The fourth-order valence-electron chi connectivity index (χ4n) is 2.98. The summed E-state index contributed by atoms with van der Waals surface area (Å²) in [6.45, 7) is 2.65. The summed E-state index contributed by atoms with van der Waals surface area (Å²) >= 11 is 1.60. The molecule has 0 unspecified atom stereocenters. The Morgan fingerprint density at radius 2 is 1.81 bits per heavy atom. The molecule has 1 amide bonds. The fourth-order valence-corrected chi connectivity index (χ4v) is 3.58. The van der Waals surface area contributed by atoms with Gasteiger partial charge in [0.15, 0.2) is 11.5 Å². The number of aryl methyl sites for hydroxylation is 1. The van der Waals surface area contributed by atoms with Gasteiger partial charge in [0.25, 0.3) is 0 Å². The van der Waals surface area contributed by atoms with Crippen LogP contribution in [0.5, 0.6) is 23.0 Å². The number of rotatable bonds is 10. The predicted molar refractivity (Wildman–Crippen MR) is 125 cm³/mol. The van der Waals surface area contributed by atoms with Gasteiger partial charge in [-0.05, 0) is 36.8 Å². The van der Waals surface area contributed by atoms with Crippen LogP contribution in [-0.2, 0) is 17.9 Å². The van der Waals surface area contributed by atoms with E-state index in [9.17, 15) is 4.79 Å². The molecule has 8 heteroatoms. The molecule has 3 rings (SSSR count). The summed E-state index contributed by atoms with van der Waals surface area (Å²) in [7, 11) is 4.69. The number of hydrogen-bond donors (Lipinski definition) is 1. The molecule has 0 saturated heterocycles. The molecule has 0 radical (unpaired) electrons. The molecule has 0 fully saturated rings. The number of carbonyl (C=O) groups excluding carboxylic acids is 1. The first-order valence-corrected chi connectivity index (χ1v) is 10.8. The second-order valence-corrected chi connectivity index (χ2v) is 7.85. The lowest BCUT2D eigenvalue weighted by Gasteiger charge is -2.14. The summed E-state index contributed by atoms with van der Waals surface area (Å²) in [5.74, 6) is 2.22. The number of carbonyl (C=O) groups is 1. The van der Waals surface area contributed by atoms with Gasteiger partial charge in [-0.3, -0.25) is 4.79 Å². The highest BCUT2D eigenvalue weighted by molar-refractivity contribution is 7.09. The molecule has 2 aromatic carbocycles. The van der Waals surface area contributed by atoms with Crippen molar-refractivity contribution in [1.82, 2.24) is 10.3 Å². The molecule has 0 aliphatic carbocycles.